The molecule has 0 bridgehead atoms. The first kappa shape index (κ1) is 18.1. The summed E-state index contributed by atoms with van der Waals surface area (Å²) in [4.78, 5) is 23.6. The molecule has 0 fully saturated rings. The van der Waals surface area contributed by atoms with Crippen molar-refractivity contribution in [2.75, 3.05) is 7.11 Å². The fourth-order valence-corrected chi connectivity index (χ4v) is 1.92. The van der Waals surface area contributed by atoms with E-state index in [2.05, 4.69) is 10.1 Å². The number of hydrogen-bond acceptors (Lipinski definition) is 5. The van der Waals surface area contributed by atoms with Crippen LogP contribution in [0.4, 0.5) is 4.79 Å². The predicted octanol–water partition coefficient (Wildman–Crippen LogP) is 2.65. The highest BCUT2D eigenvalue weighted by atomic mass is 35.5. The molecule has 1 atom stereocenters. The Bertz CT molecular complexity index is 553. The van der Waals surface area contributed by atoms with Crippen LogP contribution in [0.2, 0.25) is 5.02 Å². The topological polar surface area (TPSA) is 84.9 Å². The van der Waals surface area contributed by atoms with Crippen LogP contribution in [0, 0.1) is 0 Å². The third kappa shape index (κ3) is 5.81. The Labute approximate surface area is 134 Å². The molecule has 0 saturated carbocycles. The summed E-state index contributed by atoms with van der Waals surface area (Å²) in [5.74, 6) is -0.620. The number of methoxy groups -OCH3 is 1. The summed E-state index contributed by atoms with van der Waals surface area (Å²) in [7, 11) is 1.22. The van der Waals surface area contributed by atoms with Gasteiger partial charge in [-0.2, -0.15) is 0 Å². The van der Waals surface area contributed by atoms with Gasteiger partial charge in [0.05, 0.1) is 7.11 Å². The Morgan fingerprint density at radius 3 is 2.55 bits per heavy atom. The maximum atomic E-state index is 11.8. The highest BCUT2D eigenvalue weighted by molar-refractivity contribution is 6.31. The average Bonchev–Trinajstić information content (AvgIpc) is 2.39. The molecular weight excluding hydrogens is 310 g/mol. The van der Waals surface area contributed by atoms with Crippen molar-refractivity contribution in [1.82, 2.24) is 5.32 Å². The van der Waals surface area contributed by atoms with E-state index in [1.54, 1.807) is 20.8 Å². The summed E-state index contributed by atoms with van der Waals surface area (Å²) in [6, 6.07) is 3.39. The van der Waals surface area contributed by atoms with Crippen LogP contribution in [0.25, 0.3) is 0 Å². The molecule has 0 radical (unpaired) electrons. The molecule has 1 unspecified atom stereocenters. The van der Waals surface area contributed by atoms with E-state index in [9.17, 15) is 14.7 Å². The minimum atomic E-state index is -0.973. The molecule has 0 aromatic heterocycles. The molecule has 6 nitrogen and oxygen atoms in total. The Balaban J connectivity index is 2.87. The van der Waals surface area contributed by atoms with Crippen molar-refractivity contribution in [3.05, 3.63) is 28.8 Å². The normalized spacial score (nSPS) is 12.4. The maximum absolute atomic E-state index is 11.8. The lowest BCUT2D eigenvalue weighted by Gasteiger charge is -2.22. The van der Waals surface area contributed by atoms with E-state index in [0.29, 0.717) is 10.6 Å². The molecule has 1 aromatic rings. The van der Waals surface area contributed by atoms with E-state index < -0.39 is 23.7 Å². The van der Waals surface area contributed by atoms with E-state index in [0.717, 1.165) is 0 Å². The quantitative estimate of drug-likeness (QED) is 0.829. The van der Waals surface area contributed by atoms with Gasteiger partial charge in [0.2, 0.25) is 0 Å². The zero-order valence-electron chi connectivity index (χ0n) is 13.0. The molecule has 22 heavy (non-hydrogen) atoms. The first-order valence-electron chi connectivity index (χ1n) is 6.67. The van der Waals surface area contributed by atoms with Gasteiger partial charge in [-0.05, 0) is 44.5 Å². The zero-order valence-corrected chi connectivity index (χ0v) is 13.7. The summed E-state index contributed by atoms with van der Waals surface area (Å²) in [6.45, 7) is 5.14. The van der Waals surface area contributed by atoms with Gasteiger partial charge in [0, 0.05) is 11.4 Å². The number of benzene rings is 1. The molecule has 0 spiro atoms. The molecular formula is C15H20ClNO5. The van der Waals surface area contributed by atoms with Crippen LogP contribution in [-0.4, -0.2) is 35.9 Å². The number of esters is 1. The minimum absolute atomic E-state index is 0.0142. The second-order valence-electron chi connectivity index (χ2n) is 5.70. The molecule has 2 N–H and O–H groups in total. The monoisotopic (exact) mass is 329 g/mol. The van der Waals surface area contributed by atoms with Crippen molar-refractivity contribution in [3.8, 4) is 5.75 Å². The lowest BCUT2D eigenvalue weighted by Crippen LogP contribution is -2.45. The average molecular weight is 330 g/mol. The Morgan fingerprint density at radius 1 is 1.36 bits per heavy atom. The number of carbonyl (C=O) groups excluding carboxylic acids is 2. The lowest BCUT2D eigenvalue weighted by molar-refractivity contribution is -0.143. The summed E-state index contributed by atoms with van der Waals surface area (Å²) in [5, 5.41) is 12.3. The molecule has 0 heterocycles. The predicted molar refractivity (Wildman–Crippen MR) is 82.0 cm³/mol. The number of hydrogen-bond donors (Lipinski definition) is 2. The van der Waals surface area contributed by atoms with Crippen LogP contribution in [0.15, 0.2) is 18.2 Å². The summed E-state index contributed by atoms with van der Waals surface area (Å²) >= 11 is 6.02. The molecule has 0 aliphatic rings. The van der Waals surface area contributed by atoms with Gasteiger partial charge in [-0.25, -0.2) is 9.59 Å². The van der Waals surface area contributed by atoms with E-state index in [1.165, 1.54) is 25.3 Å². The van der Waals surface area contributed by atoms with Crippen LogP contribution in [0.3, 0.4) is 0 Å². The number of phenolic OH excluding ortho intramolecular Hbond substituents is 1. The van der Waals surface area contributed by atoms with Gasteiger partial charge < -0.3 is 19.9 Å². The zero-order chi connectivity index (χ0) is 16.9. The molecule has 0 aliphatic carbocycles. The first-order chi connectivity index (χ1) is 10.1. The first-order valence-corrected chi connectivity index (χ1v) is 7.05. The van der Waals surface area contributed by atoms with Gasteiger partial charge in [0.15, 0.2) is 0 Å². The fraction of sp³-hybridized carbons (Fsp3) is 0.467. The van der Waals surface area contributed by atoms with Crippen LogP contribution in [-0.2, 0) is 20.7 Å². The highest BCUT2D eigenvalue weighted by Crippen LogP contribution is 2.22. The standard InChI is InChI=1S/C15H20ClNO5/c1-15(2,3)22-14(20)17-12(13(19)21-4)8-9-7-10(18)5-6-11(9)16/h5-7,12,18H,8H2,1-4H3,(H,17,20). The summed E-state index contributed by atoms with van der Waals surface area (Å²) < 4.78 is 9.79. The number of nitrogens with one attached hydrogen (secondary N) is 1. The van der Waals surface area contributed by atoms with Crippen molar-refractivity contribution in [3.63, 3.8) is 0 Å². The van der Waals surface area contributed by atoms with Crippen LogP contribution in [0.5, 0.6) is 5.75 Å². The van der Waals surface area contributed by atoms with E-state index >= 15 is 0 Å². The van der Waals surface area contributed by atoms with Gasteiger partial charge >= 0.3 is 12.1 Å². The third-order valence-electron chi connectivity index (χ3n) is 2.63. The molecule has 7 heteroatoms. The number of halogens is 1. The number of aromatic hydroxyl groups is 1. The highest BCUT2D eigenvalue weighted by Gasteiger charge is 2.26. The van der Waals surface area contributed by atoms with Crippen molar-refractivity contribution in [2.24, 2.45) is 0 Å². The second kappa shape index (κ2) is 7.35. The number of alkyl carbamates (subject to hydrolysis) is 1. The Morgan fingerprint density at radius 2 is 2.00 bits per heavy atom. The fourth-order valence-electron chi connectivity index (χ4n) is 1.72. The van der Waals surface area contributed by atoms with Gasteiger partial charge in [-0.3, -0.25) is 0 Å². The third-order valence-corrected chi connectivity index (χ3v) is 3.00. The lowest BCUT2D eigenvalue weighted by atomic mass is 10.1. The van der Waals surface area contributed by atoms with Gasteiger partial charge in [-0.1, -0.05) is 11.6 Å². The van der Waals surface area contributed by atoms with E-state index in [-0.39, 0.29) is 12.2 Å². The van der Waals surface area contributed by atoms with Crippen molar-refractivity contribution >= 4 is 23.7 Å². The molecule has 0 saturated heterocycles. The number of ether oxygens (including phenoxy) is 2. The summed E-state index contributed by atoms with van der Waals surface area (Å²) in [5.41, 5.74) is -0.180. The van der Waals surface area contributed by atoms with Crippen molar-refractivity contribution in [2.45, 2.75) is 38.8 Å². The van der Waals surface area contributed by atoms with Crippen molar-refractivity contribution < 1.29 is 24.2 Å². The number of amides is 1. The van der Waals surface area contributed by atoms with Gasteiger partial charge in [0.25, 0.3) is 0 Å². The molecule has 1 amide bonds. The second-order valence-corrected chi connectivity index (χ2v) is 6.11. The minimum Gasteiger partial charge on any atom is -0.508 e. The van der Waals surface area contributed by atoms with Crippen LogP contribution >= 0.6 is 11.6 Å². The van der Waals surface area contributed by atoms with E-state index in [4.69, 9.17) is 16.3 Å². The van der Waals surface area contributed by atoms with Gasteiger partial charge in [0.1, 0.15) is 17.4 Å². The maximum Gasteiger partial charge on any atom is 0.408 e. The number of phenols is 1. The SMILES string of the molecule is COC(=O)C(Cc1cc(O)ccc1Cl)NC(=O)OC(C)(C)C. The van der Waals surface area contributed by atoms with Crippen LogP contribution in [0.1, 0.15) is 26.3 Å². The Kier molecular flexibility index (Phi) is 6.05. The summed E-state index contributed by atoms with van der Waals surface area (Å²) in [6.07, 6.45) is -0.668. The smallest absolute Gasteiger partial charge is 0.408 e. The van der Waals surface area contributed by atoms with Crippen LogP contribution < -0.4 is 5.32 Å². The molecule has 0 aliphatic heterocycles. The van der Waals surface area contributed by atoms with Gasteiger partial charge in [-0.15, -0.1) is 0 Å². The van der Waals surface area contributed by atoms with Crippen molar-refractivity contribution in [1.29, 1.82) is 0 Å². The Hall–Kier alpha value is -1.95. The molecule has 122 valence electrons. The largest absolute Gasteiger partial charge is 0.508 e. The molecule has 1 rings (SSSR count). The number of rotatable bonds is 4. The number of carbonyl (C=O) groups is 2. The molecule has 1 aromatic carbocycles. The van der Waals surface area contributed by atoms with E-state index in [1.807, 2.05) is 0 Å².